The van der Waals surface area contributed by atoms with Crippen LogP contribution in [0.1, 0.15) is 36.0 Å². The van der Waals surface area contributed by atoms with Crippen LogP contribution in [0.25, 0.3) is 0 Å². The van der Waals surface area contributed by atoms with E-state index >= 15 is 0 Å². The number of hydrogen-bond acceptors (Lipinski definition) is 2. The molecule has 1 aliphatic rings. The molecular formula is C22H27FN2O. The van der Waals surface area contributed by atoms with Crippen molar-refractivity contribution in [1.82, 2.24) is 4.90 Å². The van der Waals surface area contributed by atoms with E-state index in [4.69, 9.17) is 0 Å². The molecule has 138 valence electrons. The van der Waals surface area contributed by atoms with Gasteiger partial charge in [0, 0.05) is 31.2 Å². The monoisotopic (exact) mass is 354 g/mol. The van der Waals surface area contributed by atoms with Gasteiger partial charge in [-0.05, 0) is 74.1 Å². The fourth-order valence-corrected chi connectivity index (χ4v) is 3.49. The van der Waals surface area contributed by atoms with Crippen molar-refractivity contribution < 1.29 is 9.18 Å². The van der Waals surface area contributed by atoms with Gasteiger partial charge < -0.3 is 10.2 Å². The van der Waals surface area contributed by atoms with Crippen molar-refractivity contribution in [2.24, 2.45) is 0 Å². The molecule has 4 heteroatoms. The first-order chi connectivity index (χ1) is 12.5. The summed E-state index contributed by atoms with van der Waals surface area (Å²) in [5.74, 6) is -0.0913. The quantitative estimate of drug-likeness (QED) is 0.859. The number of aryl methyl sites for hydroxylation is 3. The largest absolute Gasteiger partial charge is 0.381 e. The number of benzene rings is 2. The molecule has 2 aromatic carbocycles. The molecule has 0 saturated carbocycles. The minimum atomic E-state index is -0.245. The summed E-state index contributed by atoms with van der Waals surface area (Å²) in [5, 5.41) is 3.57. The molecule has 26 heavy (non-hydrogen) atoms. The number of piperidine rings is 1. The van der Waals surface area contributed by atoms with Crippen LogP contribution in [-0.2, 0) is 11.2 Å². The van der Waals surface area contributed by atoms with E-state index < -0.39 is 0 Å². The molecule has 0 radical (unpaired) electrons. The average molecular weight is 354 g/mol. The Morgan fingerprint density at radius 2 is 2.04 bits per heavy atom. The van der Waals surface area contributed by atoms with E-state index in [1.165, 1.54) is 23.3 Å². The lowest BCUT2D eigenvalue weighted by Gasteiger charge is -2.34. The molecule has 1 saturated heterocycles. The first-order valence-electron chi connectivity index (χ1n) is 9.37. The number of nitrogens with one attached hydrogen (secondary N) is 1. The van der Waals surface area contributed by atoms with Crippen molar-refractivity contribution in [2.75, 3.05) is 18.4 Å². The molecule has 3 rings (SSSR count). The van der Waals surface area contributed by atoms with E-state index in [-0.39, 0.29) is 17.8 Å². The third-order valence-corrected chi connectivity index (χ3v) is 5.17. The number of halogens is 1. The molecule has 1 aliphatic heterocycles. The number of likely N-dealkylation sites (tertiary alicyclic amines) is 1. The van der Waals surface area contributed by atoms with Gasteiger partial charge in [-0.3, -0.25) is 4.79 Å². The van der Waals surface area contributed by atoms with Crippen LogP contribution in [0.4, 0.5) is 10.1 Å². The van der Waals surface area contributed by atoms with E-state index in [1.54, 1.807) is 6.07 Å². The molecule has 0 unspecified atom stereocenters. The van der Waals surface area contributed by atoms with Gasteiger partial charge >= 0.3 is 0 Å². The maximum absolute atomic E-state index is 13.3. The summed E-state index contributed by atoms with van der Waals surface area (Å²) < 4.78 is 13.3. The molecule has 3 nitrogen and oxygen atoms in total. The van der Waals surface area contributed by atoms with Crippen molar-refractivity contribution in [2.45, 2.75) is 45.6 Å². The maximum atomic E-state index is 13.3. The lowest BCUT2D eigenvalue weighted by atomic mass is 10.0. The summed E-state index contributed by atoms with van der Waals surface area (Å²) in [5.41, 5.74) is 4.55. The van der Waals surface area contributed by atoms with E-state index in [1.807, 2.05) is 11.0 Å². The summed E-state index contributed by atoms with van der Waals surface area (Å²) in [6, 6.07) is 13.2. The predicted molar refractivity (Wildman–Crippen MR) is 104 cm³/mol. The molecule has 0 spiro atoms. The van der Waals surface area contributed by atoms with Crippen LogP contribution >= 0.6 is 0 Å². The SMILES string of the molecule is Cc1ccc(N[C@H]2CCCN(C(=O)CCc3cccc(F)c3)C2)cc1C. The fourth-order valence-electron chi connectivity index (χ4n) is 3.49. The van der Waals surface area contributed by atoms with Gasteiger partial charge in [0.25, 0.3) is 0 Å². The highest BCUT2D eigenvalue weighted by Gasteiger charge is 2.23. The first kappa shape index (κ1) is 18.4. The van der Waals surface area contributed by atoms with Gasteiger partial charge in [-0.15, -0.1) is 0 Å². The Balaban J connectivity index is 1.53. The predicted octanol–water partition coefficient (Wildman–Crippen LogP) is 4.48. The summed E-state index contributed by atoms with van der Waals surface area (Å²) in [4.78, 5) is 14.5. The van der Waals surface area contributed by atoms with Crippen molar-refractivity contribution in [3.8, 4) is 0 Å². The molecule has 1 N–H and O–H groups in total. The molecule has 0 bridgehead atoms. The van der Waals surface area contributed by atoms with Crippen LogP contribution in [-0.4, -0.2) is 29.9 Å². The number of nitrogens with zero attached hydrogens (tertiary/aromatic N) is 1. The number of hydrogen-bond donors (Lipinski definition) is 1. The zero-order valence-electron chi connectivity index (χ0n) is 15.6. The van der Waals surface area contributed by atoms with E-state index in [9.17, 15) is 9.18 Å². The van der Waals surface area contributed by atoms with Crippen molar-refractivity contribution in [1.29, 1.82) is 0 Å². The summed E-state index contributed by atoms with van der Waals surface area (Å²) >= 11 is 0. The van der Waals surface area contributed by atoms with Crippen molar-refractivity contribution >= 4 is 11.6 Å². The highest BCUT2D eigenvalue weighted by atomic mass is 19.1. The van der Waals surface area contributed by atoms with Crippen LogP contribution in [0.5, 0.6) is 0 Å². The van der Waals surface area contributed by atoms with Gasteiger partial charge in [0.1, 0.15) is 5.82 Å². The van der Waals surface area contributed by atoms with E-state index in [2.05, 4.69) is 37.4 Å². The molecule has 2 aromatic rings. The second kappa shape index (κ2) is 8.35. The zero-order valence-corrected chi connectivity index (χ0v) is 15.6. The Kier molecular flexibility index (Phi) is 5.92. The van der Waals surface area contributed by atoms with Crippen LogP contribution in [0, 0.1) is 19.7 Å². The maximum Gasteiger partial charge on any atom is 0.222 e. The number of carbonyl (C=O) groups excluding carboxylic acids is 1. The Labute approximate surface area is 155 Å². The molecular weight excluding hydrogens is 327 g/mol. The summed E-state index contributed by atoms with van der Waals surface area (Å²) in [6.45, 7) is 5.77. The van der Waals surface area contributed by atoms with Crippen molar-refractivity contribution in [3.63, 3.8) is 0 Å². The highest BCUT2D eigenvalue weighted by Crippen LogP contribution is 2.20. The van der Waals surface area contributed by atoms with Crippen LogP contribution in [0.2, 0.25) is 0 Å². The third-order valence-electron chi connectivity index (χ3n) is 5.17. The molecule has 1 amide bonds. The zero-order chi connectivity index (χ0) is 18.5. The Morgan fingerprint density at radius 1 is 1.19 bits per heavy atom. The average Bonchev–Trinajstić information content (AvgIpc) is 2.63. The molecule has 0 aliphatic carbocycles. The lowest BCUT2D eigenvalue weighted by Crippen LogP contribution is -2.45. The van der Waals surface area contributed by atoms with Gasteiger partial charge in [-0.1, -0.05) is 18.2 Å². The molecule has 1 heterocycles. The van der Waals surface area contributed by atoms with Gasteiger partial charge in [-0.2, -0.15) is 0 Å². The lowest BCUT2D eigenvalue weighted by molar-refractivity contribution is -0.132. The molecule has 1 atom stereocenters. The van der Waals surface area contributed by atoms with Crippen LogP contribution in [0.15, 0.2) is 42.5 Å². The normalized spacial score (nSPS) is 17.2. The summed E-state index contributed by atoms with van der Waals surface area (Å²) in [7, 11) is 0. The van der Waals surface area contributed by atoms with Crippen LogP contribution in [0.3, 0.4) is 0 Å². The Hall–Kier alpha value is -2.36. The fraction of sp³-hybridized carbons (Fsp3) is 0.409. The Morgan fingerprint density at radius 3 is 2.81 bits per heavy atom. The van der Waals surface area contributed by atoms with Gasteiger partial charge in [-0.25, -0.2) is 4.39 Å². The highest BCUT2D eigenvalue weighted by molar-refractivity contribution is 5.76. The van der Waals surface area contributed by atoms with Gasteiger partial charge in [0.15, 0.2) is 0 Å². The topological polar surface area (TPSA) is 32.3 Å². The molecule has 0 aromatic heterocycles. The third kappa shape index (κ3) is 4.84. The molecule has 1 fully saturated rings. The Bertz CT molecular complexity index is 774. The number of carbonyl (C=O) groups is 1. The van der Waals surface area contributed by atoms with Crippen LogP contribution < -0.4 is 5.32 Å². The second-order valence-corrected chi connectivity index (χ2v) is 7.25. The number of amides is 1. The van der Waals surface area contributed by atoms with Gasteiger partial charge in [0.05, 0.1) is 0 Å². The number of rotatable bonds is 5. The summed E-state index contributed by atoms with van der Waals surface area (Å²) in [6.07, 6.45) is 3.09. The standard InChI is InChI=1S/C22H27FN2O/c1-16-8-10-20(13-17(16)2)24-21-7-4-12-25(15-21)22(26)11-9-18-5-3-6-19(23)14-18/h3,5-6,8,10,13-14,21,24H,4,7,9,11-12,15H2,1-2H3/t21-/m0/s1. The minimum Gasteiger partial charge on any atom is -0.381 e. The van der Waals surface area contributed by atoms with E-state index in [0.29, 0.717) is 12.8 Å². The van der Waals surface area contributed by atoms with Crippen molar-refractivity contribution in [3.05, 3.63) is 65.0 Å². The smallest absolute Gasteiger partial charge is 0.222 e. The minimum absolute atomic E-state index is 0.154. The second-order valence-electron chi connectivity index (χ2n) is 7.25. The van der Waals surface area contributed by atoms with E-state index in [0.717, 1.165) is 37.2 Å². The van der Waals surface area contributed by atoms with Gasteiger partial charge in [0.2, 0.25) is 5.91 Å². The number of anilines is 1. The first-order valence-corrected chi connectivity index (χ1v) is 9.37.